The van der Waals surface area contributed by atoms with E-state index >= 15 is 0 Å². The zero-order valence-corrected chi connectivity index (χ0v) is 12.0. The average molecular weight is 323 g/mol. The van der Waals surface area contributed by atoms with Gasteiger partial charge in [-0.3, -0.25) is 4.79 Å². The molecule has 0 saturated carbocycles. The predicted octanol–water partition coefficient (Wildman–Crippen LogP) is 3.30. The number of anilines is 1. The first-order valence-electron chi connectivity index (χ1n) is 6.24. The molecule has 0 radical (unpaired) electrons. The van der Waals surface area contributed by atoms with Gasteiger partial charge in [0.15, 0.2) is 6.61 Å². The van der Waals surface area contributed by atoms with Gasteiger partial charge in [0, 0.05) is 0 Å². The van der Waals surface area contributed by atoms with Crippen LogP contribution in [0.5, 0.6) is 5.75 Å². The molecule has 1 amide bonds. The molecule has 2 aromatic rings. The quantitative estimate of drug-likeness (QED) is 0.504. The second kappa shape index (κ2) is 7.42. The molecule has 0 bridgehead atoms. The van der Waals surface area contributed by atoms with Crippen molar-refractivity contribution in [2.45, 2.75) is 0 Å². The second-order valence-corrected chi connectivity index (χ2v) is 4.66. The number of nitrogens with one attached hydrogen (secondary N) is 1. The molecule has 7 heteroatoms. The molecule has 5 nitrogen and oxygen atoms in total. The predicted molar refractivity (Wildman–Crippen MR) is 81.4 cm³/mol. The second-order valence-electron chi connectivity index (χ2n) is 4.25. The van der Waals surface area contributed by atoms with Crippen LogP contribution in [-0.2, 0) is 4.79 Å². The Morgan fingerprint density at radius 3 is 2.82 bits per heavy atom. The van der Waals surface area contributed by atoms with E-state index in [1.165, 1.54) is 36.5 Å². The minimum Gasteiger partial charge on any atom is -0.482 e. The van der Waals surface area contributed by atoms with Crippen LogP contribution in [0.2, 0.25) is 5.02 Å². The topological polar surface area (TPSA) is 70.9 Å². The van der Waals surface area contributed by atoms with Gasteiger partial charge >= 0.3 is 0 Å². The van der Waals surface area contributed by atoms with Gasteiger partial charge in [0.2, 0.25) is 0 Å². The van der Waals surface area contributed by atoms with E-state index in [0.29, 0.717) is 11.3 Å². The minimum absolute atomic E-state index is 0.0803. The van der Waals surface area contributed by atoms with E-state index < -0.39 is 11.7 Å². The van der Waals surface area contributed by atoms with E-state index in [9.17, 15) is 9.18 Å². The number of nitrogens with zero attached hydrogens (tertiary/aromatic N) is 1. The van der Waals surface area contributed by atoms with Gasteiger partial charge in [-0.05, 0) is 35.9 Å². The third-order valence-corrected chi connectivity index (χ3v) is 2.96. The summed E-state index contributed by atoms with van der Waals surface area (Å²) in [5.74, 6) is -0.746. The monoisotopic (exact) mass is 322 g/mol. The first-order valence-corrected chi connectivity index (χ1v) is 6.62. The lowest BCUT2D eigenvalue weighted by Crippen LogP contribution is -2.20. The van der Waals surface area contributed by atoms with Gasteiger partial charge in [-0.2, -0.15) is 0 Å². The highest BCUT2D eigenvalue weighted by Gasteiger charge is 2.09. The molecule has 0 heterocycles. The fourth-order valence-electron chi connectivity index (χ4n) is 1.67. The number of amides is 1. The number of benzene rings is 2. The molecule has 22 heavy (non-hydrogen) atoms. The van der Waals surface area contributed by atoms with Crippen LogP contribution in [-0.4, -0.2) is 23.9 Å². The van der Waals surface area contributed by atoms with Crippen molar-refractivity contribution in [2.24, 2.45) is 5.16 Å². The Morgan fingerprint density at radius 1 is 1.36 bits per heavy atom. The van der Waals surface area contributed by atoms with E-state index in [4.69, 9.17) is 21.5 Å². The van der Waals surface area contributed by atoms with Crippen molar-refractivity contribution >= 4 is 29.4 Å². The van der Waals surface area contributed by atoms with Crippen molar-refractivity contribution in [1.82, 2.24) is 0 Å². The highest BCUT2D eigenvalue weighted by Crippen LogP contribution is 2.25. The van der Waals surface area contributed by atoms with Crippen LogP contribution in [0.15, 0.2) is 47.6 Å². The SMILES string of the molecule is O=C(COc1ccc(/C=N/O)cc1Cl)Nc1ccccc1F. The third-order valence-electron chi connectivity index (χ3n) is 2.67. The number of hydrogen-bond acceptors (Lipinski definition) is 4. The first-order chi connectivity index (χ1) is 10.6. The molecule has 0 aromatic heterocycles. The zero-order valence-electron chi connectivity index (χ0n) is 11.3. The Balaban J connectivity index is 1.95. The van der Waals surface area contributed by atoms with Gasteiger partial charge in [0.25, 0.3) is 5.91 Å². The fraction of sp³-hybridized carbons (Fsp3) is 0.0667. The molecule has 0 saturated heterocycles. The molecule has 0 atom stereocenters. The van der Waals surface area contributed by atoms with Crippen LogP contribution < -0.4 is 10.1 Å². The molecule has 2 N–H and O–H groups in total. The highest BCUT2D eigenvalue weighted by atomic mass is 35.5. The van der Waals surface area contributed by atoms with E-state index in [1.807, 2.05) is 0 Å². The van der Waals surface area contributed by atoms with E-state index in [0.717, 1.165) is 0 Å². The van der Waals surface area contributed by atoms with E-state index in [1.54, 1.807) is 12.1 Å². The lowest BCUT2D eigenvalue weighted by molar-refractivity contribution is -0.118. The van der Waals surface area contributed by atoms with Gasteiger partial charge in [0.1, 0.15) is 11.6 Å². The van der Waals surface area contributed by atoms with E-state index in [2.05, 4.69) is 10.5 Å². The summed E-state index contributed by atoms with van der Waals surface area (Å²) in [7, 11) is 0. The van der Waals surface area contributed by atoms with Crippen molar-refractivity contribution in [3.05, 3.63) is 58.9 Å². The molecule has 2 aromatic carbocycles. The largest absolute Gasteiger partial charge is 0.482 e. The number of oxime groups is 1. The summed E-state index contributed by atoms with van der Waals surface area (Å²) in [6.45, 7) is -0.318. The molecule has 0 aliphatic heterocycles. The number of halogens is 2. The van der Waals surface area contributed by atoms with Crippen molar-refractivity contribution in [1.29, 1.82) is 0 Å². The lowest BCUT2D eigenvalue weighted by Gasteiger charge is -2.09. The smallest absolute Gasteiger partial charge is 0.262 e. The minimum atomic E-state index is -0.526. The zero-order chi connectivity index (χ0) is 15.9. The normalized spacial score (nSPS) is 10.6. The summed E-state index contributed by atoms with van der Waals surface area (Å²) in [4.78, 5) is 11.7. The van der Waals surface area contributed by atoms with Crippen LogP contribution in [0.3, 0.4) is 0 Å². The summed E-state index contributed by atoms with van der Waals surface area (Å²) in [6.07, 6.45) is 1.21. The van der Waals surface area contributed by atoms with Crippen molar-refractivity contribution in [3.8, 4) is 5.75 Å². The van der Waals surface area contributed by atoms with Crippen LogP contribution in [0, 0.1) is 5.82 Å². The highest BCUT2D eigenvalue weighted by molar-refractivity contribution is 6.32. The molecule has 2 rings (SSSR count). The van der Waals surface area contributed by atoms with Crippen molar-refractivity contribution in [3.63, 3.8) is 0 Å². The van der Waals surface area contributed by atoms with Gasteiger partial charge in [-0.1, -0.05) is 28.9 Å². The molecule has 114 valence electrons. The number of carbonyl (C=O) groups excluding carboxylic acids is 1. The van der Waals surface area contributed by atoms with Crippen LogP contribution in [0.4, 0.5) is 10.1 Å². The Kier molecular flexibility index (Phi) is 5.32. The molecule has 0 unspecified atom stereocenters. The van der Waals surface area contributed by atoms with Crippen LogP contribution in [0.25, 0.3) is 0 Å². The Morgan fingerprint density at radius 2 is 2.14 bits per heavy atom. The number of hydrogen-bond donors (Lipinski definition) is 2. The summed E-state index contributed by atoms with van der Waals surface area (Å²) in [6, 6.07) is 10.5. The number of carbonyl (C=O) groups is 1. The van der Waals surface area contributed by atoms with Crippen molar-refractivity contribution < 1.29 is 19.1 Å². The standard InChI is InChI=1S/C15H12ClFN2O3/c16-11-7-10(8-18-21)5-6-14(11)22-9-15(20)19-13-4-2-1-3-12(13)17/h1-8,21H,9H2,(H,19,20)/b18-8+. The maximum atomic E-state index is 13.4. The summed E-state index contributed by atoms with van der Waals surface area (Å²) in [5.41, 5.74) is 0.660. The molecular formula is C15H12ClFN2O3. The molecule has 0 aliphatic rings. The molecular weight excluding hydrogens is 311 g/mol. The average Bonchev–Trinajstić information content (AvgIpc) is 2.49. The van der Waals surface area contributed by atoms with Crippen LogP contribution >= 0.6 is 11.6 Å². The van der Waals surface area contributed by atoms with Gasteiger partial charge in [-0.25, -0.2) is 4.39 Å². The summed E-state index contributed by atoms with van der Waals surface area (Å²) < 4.78 is 18.7. The molecule has 0 spiro atoms. The fourth-order valence-corrected chi connectivity index (χ4v) is 1.92. The summed E-state index contributed by atoms with van der Waals surface area (Å²) >= 11 is 5.97. The maximum absolute atomic E-state index is 13.4. The number of rotatable bonds is 5. The van der Waals surface area contributed by atoms with E-state index in [-0.39, 0.29) is 17.3 Å². The number of para-hydroxylation sites is 1. The van der Waals surface area contributed by atoms with Gasteiger partial charge in [-0.15, -0.1) is 0 Å². The molecule has 0 fully saturated rings. The number of ether oxygens (including phenoxy) is 1. The van der Waals surface area contributed by atoms with Crippen LogP contribution in [0.1, 0.15) is 5.56 Å². The first kappa shape index (κ1) is 15.8. The molecule has 0 aliphatic carbocycles. The van der Waals surface area contributed by atoms with Crippen molar-refractivity contribution in [2.75, 3.05) is 11.9 Å². The van der Waals surface area contributed by atoms with Gasteiger partial charge < -0.3 is 15.3 Å². The lowest BCUT2D eigenvalue weighted by atomic mass is 10.2. The Labute approximate surface area is 131 Å². The Bertz CT molecular complexity index is 707. The van der Waals surface area contributed by atoms with Gasteiger partial charge in [0.05, 0.1) is 16.9 Å². The Hall–Kier alpha value is -2.60. The maximum Gasteiger partial charge on any atom is 0.262 e. The summed E-state index contributed by atoms with van der Waals surface area (Å²) in [5, 5.41) is 14.0. The third kappa shape index (κ3) is 4.20.